The minimum absolute atomic E-state index is 0.00329. The van der Waals surface area contributed by atoms with Gasteiger partial charge in [-0.1, -0.05) is 0 Å². The number of hydrogen-bond acceptors (Lipinski definition) is 3. The Balaban J connectivity index is 2.05. The second-order valence-corrected chi connectivity index (χ2v) is 3.70. The average molecular weight is 186 g/mol. The van der Waals surface area contributed by atoms with Crippen LogP contribution in [-0.2, 0) is 0 Å². The van der Waals surface area contributed by atoms with Crippen molar-refractivity contribution in [1.82, 2.24) is 15.1 Å². The lowest BCUT2D eigenvalue weighted by Crippen LogP contribution is -2.60. The van der Waals surface area contributed by atoms with E-state index in [1.807, 2.05) is 19.0 Å². The number of hydrogen-bond donors (Lipinski definition) is 2. The Morgan fingerprint density at radius 3 is 2.69 bits per heavy atom. The highest BCUT2D eigenvalue weighted by molar-refractivity contribution is 5.75. The van der Waals surface area contributed by atoms with Gasteiger partial charge in [0.25, 0.3) is 0 Å². The molecule has 0 aromatic heterocycles. The van der Waals surface area contributed by atoms with Gasteiger partial charge in [0, 0.05) is 32.2 Å². The van der Waals surface area contributed by atoms with Crippen LogP contribution >= 0.6 is 0 Å². The third-order valence-electron chi connectivity index (χ3n) is 2.03. The summed E-state index contributed by atoms with van der Waals surface area (Å²) in [5.74, 6) is 0. The molecule has 13 heavy (non-hydrogen) atoms. The van der Waals surface area contributed by atoms with E-state index in [9.17, 15) is 4.79 Å². The lowest BCUT2D eigenvalue weighted by Gasteiger charge is -2.36. The molecule has 1 aliphatic rings. The van der Waals surface area contributed by atoms with Crippen molar-refractivity contribution in [1.29, 1.82) is 0 Å². The Bertz CT molecular complexity index is 177. The van der Waals surface area contributed by atoms with E-state index in [1.54, 1.807) is 4.90 Å². The fourth-order valence-electron chi connectivity index (χ4n) is 1.18. The van der Waals surface area contributed by atoms with Gasteiger partial charge in [-0.15, -0.1) is 0 Å². The summed E-state index contributed by atoms with van der Waals surface area (Å²) in [5.41, 5.74) is 5.55. The summed E-state index contributed by atoms with van der Waals surface area (Å²) < 4.78 is 0. The Hall–Kier alpha value is -0.810. The zero-order valence-electron chi connectivity index (χ0n) is 8.29. The van der Waals surface area contributed by atoms with E-state index in [4.69, 9.17) is 5.73 Å². The molecule has 5 nitrogen and oxygen atoms in total. The minimum Gasteiger partial charge on any atom is -0.337 e. The summed E-state index contributed by atoms with van der Waals surface area (Å²) in [6.45, 7) is 2.94. The number of nitrogens with zero attached hydrogens (tertiary/aromatic N) is 2. The summed E-state index contributed by atoms with van der Waals surface area (Å²) in [4.78, 5) is 15.0. The number of nitrogens with two attached hydrogens (primary N) is 1. The first-order chi connectivity index (χ1) is 6.09. The molecule has 0 radical (unpaired) electrons. The van der Waals surface area contributed by atoms with Crippen molar-refractivity contribution >= 4 is 6.03 Å². The van der Waals surface area contributed by atoms with Gasteiger partial charge in [-0.3, -0.25) is 0 Å². The summed E-state index contributed by atoms with van der Waals surface area (Å²) in [7, 11) is 3.96. The van der Waals surface area contributed by atoms with Crippen molar-refractivity contribution in [2.45, 2.75) is 6.04 Å². The number of carbonyl (C=O) groups excluding carboxylic acids is 1. The molecule has 5 heteroatoms. The molecule has 1 rings (SSSR count). The molecule has 0 bridgehead atoms. The van der Waals surface area contributed by atoms with Crippen LogP contribution in [0.5, 0.6) is 0 Å². The van der Waals surface area contributed by atoms with Gasteiger partial charge in [0.05, 0.1) is 0 Å². The third-order valence-corrected chi connectivity index (χ3v) is 2.03. The molecule has 0 spiro atoms. The van der Waals surface area contributed by atoms with Crippen LogP contribution in [-0.4, -0.2) is 62.1 Å². The highest BCUT2D eigenvalue weighted by atomic mass is 16.2. The van der Waals surface area contributed by atoms with Gasteiger partial charge < -0.3 is 20.9 Å². The molecular weight excluding hydrogens is 168 g/mol. The van der Waals surface area contributed by atoms with E-state index in [-0.39, 0.29) is 12.1 Å². The number of rotatable bonds is 3. The first-order valence-corrected chi connectivity index (χ1v) is 4.52. The Labute approximate surface area is 78.9 Å². The number of urea groups is 1. The topological polar surface area (TPSA) is 61.6 Å². The summed E-state index contributed by atoms with van der Waals surface area (Å²) >= 11 is 0. The van der Waals surface area contributed by atoms with Crippen molar-refractivity contribution in [2.24, 2.45) is 5.73 Å². The highest BCUT2D eigenvalue weighted by Crippen LogP contribution is 2.04. The molecule has 0 saturated carbocycles. The van der Waals surface area contributed by atoms with Crippen LogP contribution in [0, 0.1) is 0 Å². The van der Waals surface area contributed by atoms with Gasteiger partial charge >= 0.3 is 6.03 Å². The van der Waals surface area contributed by atoms with E-state index in [1.165, 1.54) is 0 Å². The molecule has 1 aliphatic heterocycles. The molecule has 1 heterocycles. The van der Waals surface area contributed by atoms with Crippen LogP contribution in [0.15, 0.2) is 0 Å². The first-order valence-electron chi connectivity index (χ1n) is 4.52. The van der Waals surface area contributed by atoms with E-state index in [0.717, 1.165) is 6.54 Å². The largest absolute Gasteiger partial charge is 0.337 e. The van der Waals surface area contributed by atoms with Crippen LogP contribution in [0.1, 0.15) is 0 Å². The molecule has 0 unspecified atom stereocenters. The normalized spacial score (nSPS) is 17.4. The molecule has 0 aromatic rings. The van der Waals surface area contributed by atoms with Crippen LogP contribution in [0.3, 0.4) is 0 Å². The number of likely N-dealkylation sites (tertiary alicyclic amines) is 1. The van der Waals surface area contributed by atoms with Gasteiger partial charge in [0.15, 0.2) is 0 Å². The van der Waals surface area contributed by atoms with Crippen molar-refractivity contribution in [3.63, 3.8) is 0 Å². The Kier molecular flexibility index (Phi) is 3.50. The standard InChI is InChI=1S/C8H18N4O/c1-11(2)4-3-10-8(13)12-5-7(9)6-12/h7H,3-6,9H2,1-2H3,(H,10,13). The molecule has 0 aromatic carbocycles. The molecule has 3 N–H and O–H groups in total. The molecular formula is C8H18N4O. The van der Waals surface area contributed by atoms with Gasteiger partial charge in [0.2, 0.25) is 0 Å². The first kappa shape index (κ1) is 10.3. The predicted octanol–water partition coefficient (Wildman–Crippen LogP) is -1.10. The second-order valence-electron chi connectivity index (χ2n) is 3.70. The zero-order valence-corrected chi connectivity index (χ0v) is 8.29. The van der Waals surface area contributed by atoms with Crippen LogP contribution < -0.4 is 11.1 Å². The van der Waals surface area contributed by atoms with E-state index in [0.29, 0.717) is 19.6 Å². The van der Waals surface area contributed by atoms with E-state index >= 15 is 0 Å². The number of carbonyl (C=O) groups is 1. The number of amides is 2. The van der Waals surface area contributed by atoms with Crippen LogP contribution in [0.25, 0.3) is 0 Å². The highest BCUT2D eigenvalue weighted by Gasteiger charge is 2.26. The maximum absolute atomic E-state index is 11.3. The number of likely N-dealkylation sites (N-methyl/N-ethyl adjacent to an activating group) is 1. The predicted molar refractivity (Wildman–Crippen MR) is 51.5 cm³/mol. The average Bonchev–Trinajstić information content (AvgIpc) is 1.97. The summed E-state index contributed by atoms with van der Waals surface area (Å²) in [5, 5.41) is 2.83. The smallest absolute Gasteiger partial charge is 0.317 e. The Morgan fingerprint density at radius 1 is 1.62 bits per heavy atom. The number of nitrogens with one attached hydrogen (secondary N) is 1. The molecule has 1 saturated heterocycles. The second kappa shape index (κ2) is 4.43. The monoisotopic (exact) mass is 186 g/mol. The van der Waals surface area contributed by atoms with Crippen LogP contribution in [0.2, 0.25) is 0 Å². The van der Waals surface area contributed by atoms with Crippen LogP contribution in [0.4, 0.5) is 4.79 Å². The molecule has 2 amide bonds. The molecule has 76 valence electrons. The van der Waals surface area contributed by atoms with Gasteiger partial charge in [-0.05, 0) is 14.1 Å². The summed E-state index contributed by atoms with van der Waals surface area (Å²) in [6.07, 6.45) is 0. The maximum atomic E-state index is 11.3. The SMILES string of the molecule is CN(C)CCNC(=O)N1CC(N)C1. The van der Waals surface area contributed by atoms with Crippen molar-refractivity contribution in [3.05, 3.63) is 0 Å². The maximum Gasteiger partial charge on any atom is 0.317 e. The minimum atomic E-state index is 0.00329. The lowest BCUT2D eigenvalue weighted by molar-refractivity contribution is 0.152. The molecule has 0 aliphatic carbocycles. The fourth-order valence-corrected chi connectivity index (χ4v) is 1.18. The molecule has 0 atom stereocenters. The van der Waals surface area contributed by atoms with Crippen molar-refractivity contribution in [2.75, 3.05) is 40.3 Å². The quantitative estimate of drug-likeness (QED) is 0.588. The zero-order chi connectivity index (χ0) is 9.84. The lowest BCUT2D eigenvalue weighted by atomic mass is 10.1. The van der Waals surface area contributed by atoms with Crippen molar-refractivity contribution < 1.29 is 4.79 Å². The van der Waals surface area contributed by atoms with Gasteiger partial charge in [0.1, 0.15) is 0 Å². The van der Waals surface area contributed by atoms with Gasteiger partial charge in [-0.2, -0.15) is 0 Å². The third kappa shape index (κ3) is 3.20. The van der Waals surface area contributed by atoms with Crippen molar-refractivity contribution in [3.8, 4) is 0 Å². The van der Waals surface area contributed by atoms with E-state index in [2.05, 4.69) is 5.32 Å². The summed E-state index contributed by atoms with van der Waals surface area (Å²) in [6, 6.07) is 0.183. The molecule has 1 fully saturated rings. The Morgan fingerprint density at radius 2 is 2.23 bits per heavy atom. The van der Waals surface area contributed by atoms with Gasteiger partial charge in [-0.25, -0.2) is 4.79 Å². The fraction of sp³-hybridized carbons (Fsp3) is 0.875. The van der Waals surface area contributed by atoms with E-state index < -0.39 is 0 Å².